The first-order valence-electron chi connectivity index (χ1n) is 14.2. The summed E-state index contributed by atoms with van der Waals surface area (Å²) in [5.74, 6) is 0.819. The van der Waals surface area contributed by atoms with Crippen LogP contribution < -0.4 is 0 Å². The van der Waals surface area contributed by atoms with Crippen LogP contribution in [0, 0.1) is 24.3 Å². The van der Waals surface area contributed by atoms with Gasteiger partial charge >= 0.3 is 0 Å². The zero-order valence-corrected chi connectivity index (χ0v) is 36.9. The summed E-state index contributed by atoms with van der Waals surface area (Å²) in [6, 6.07) is 19.6. The van der Waals surface area contributed by atoms with Gasteiger partial charge in [0, 0.05) is 90.7 Å². The van der Waals surface area contributed by atoms with Crippen LogP contribution in [0.1, 0.15) is 101 Å². The molecule has 0 fully saturated rings. The van der Waals surface area contributed by atoms with Gasteiger partial charge in [-0.3, -0.25) is 0 Å². The van der Waals surface area contributed by atoms with Gasteiger partial charge in [-0.05, 0) is 68.4 Å². The Bertz CT molecular complexity index is 1470. The molecule has 2 N–H and O–H groups in total. The van der Waals surface area contributed by atoms with Crippen molar-refractivity contribution in [3.05, 3.63) is 118 Å². The van der Waals surface area contributed by atoms with Crippen LogP contribution in [0.25, 0.3) is 0 Å². The molecule has 4 aromatic heterocycles. The second-order valence-corrected chi connectivity index (χ2v) is 10.9. The third kappa shape index (κ3) is 10.7. The fourth-order valence-electron chi connectivity index (χ4n) is 5.56. The SMILES string of the molecule is CC1(O)CCc2[c-]ccnc21.CC1CCc2[c-]ccnc21.O=C1CCc2[c-]ccnc21.OC1CCc2[c-]ccnc21.[W].[W].[W].[W]. The van der Waals surface area contributed by atoms with Crippen molar-refractivity contribution in [2.75, 3.05) is 0 Å². The van der Waals surface area contributed by atoms with E-state index >= 15 is 0 Å². The summed E-state index contributed by atoms with van der Waals surface area (Å²) < 4.78 is 0. The molecule has 0 radical (unpaired) electrons. The molecule has 3 atom stereocenters. The van der Waals surface area contributed by atoms with Gasteiger partial charge in [0.15, 0.2) is 0 Å². The number of aromatic nitrogens is 4. The van der Waals surface area contributed by atoms with Crippen molar-refractivity contribution >= 4 is 5.78 Å². The molecule has 45 heavy (non-hydrogen) atoms. The van der Waals surface area contributed by atoms with Gasteiger partial charge in [-0.1, -0.05) is 43.8 Å². The summed E-state index contributed by atoms with van der Waals surface area (Å²) in [5.41, 5.74) is 7.26. The molecular weight excluding hydrogens is 1250 g/mol. The predicted molar refractivity (Wildman–Crippen MR) is 153 cm³/mol. The number of aliphatic hydroxyl groups excluding tert-OH is 1. The number of hydrogen-bond donors (Lipinski definition) is 2. The van der Waals surface area contributed by atoms with E-state index < -0.39 is 5.60 Å². The zero-order chi connectivity index (χ0) is 28.8. The zero-order valence-electron chi connectivity index (χ0n) is 25.2. The van der Waals surface area contributed by atoms with Crippen molar-refractivity contribution in [1.29, 1.82) is 0 Å². The van der Waals surface area contributed by atoms with Gasteiger partial charge in [-0.25, -0.2) is 0 Å². The third-order valence-corrected chi connectivity index (χ3v) is 7.87. The van der Waals surface area contributed by atoms with Gasteiger partial charge in [0.1, 0.15) is 5.78 Å². The number of carbonyl (C=O) groups excluding carboxylic acids is 1. The maximum Gasteiger partial charge on any atom is 0.126 e. The second-order valence-electron chi connectivity index (χ2n) is 10.9. The van der Waals surface area contributed by atoms with E-state index in [2.05, 4.69) is 51.1 Å². The van der Waals surface area contributed by atoms with E-state index in [4.69, 9.17) is 0 Å². The first-order valence-corrected chi connectivity index (χ1v) is 14.2. The number of rotatable bonds is 0. The van der Waals surface area contributed by atoms with Crippen LogP contribution in [-0.4, -0.2) is 35.9 Å². The van der Waals surface area contributed by atoms with Crippen molar-refractivity contribution in [2.24, 2.45) is 0 Å². The molecule has 0 bridgehead atoms. The monoisotopic (exact) mass is 1280 g/mol. The van der Waals surface area contributed by atoms with Crippen LogP contribution in [0.4, 0.5) is 0 Å². The molecule has 0 saturated carbocycles. The first kappa shape index (κ1) is 42.0. The molecule has 0 spiro atoms. The van der Waals surface area contributed by atoms with Gasteiger partial charge in [0.2, 0.25) is 0 Å². The number of Topliss-reactive ketones (excluding diaryl/α,β-unsaturated/α-hetero) is 1. The van der Waals surface area contributed by atoms with Crippen molar-refractivity contribution < 1.29 is 99.3 Å². The molecule has 0 aromatic carbocycles. The summed E-state index contributed by atoms with van der Waals surface area (Å²) in [4.78, 5) is 27.4. The molecule has 4 aliphatic carbocycles. The Kier molecular flexibility index (Phi) is 18.4. The third-order valence-electron chi connectivity index (χ3n) is 7.87. The first-order chi connectivity index (χ1) is 19.8. The van der Waals surface area contributed by atoms with Gasteiger partial charge in [-0.2, -0.15) is 48.5 Å². The topological polar surface area (TPSA) is 109 Å². The molecule has 4 aromatic rings. The molecule has 4 heterocycles. The van der Waals surface area contributed by atoms with Crippen LogP contribution in [0.2, 0.25) is 0 Å². The van der Waals surface area contributed by atoms with E-state index in [1.165, 1.54) is 24.1 Å². The van der Waals surface area contributed by atoms with E-state index in [1.54, 1.807) is 43.7 Å². The molecular formula is C34H34N4O3W4-4. The largest absolute Gasteiger partial charge is 0.399 e. The van der Waals surface area contributed by atoms with Crippen LogP contribution in [-0.2, 0) is 116 Å². The average molecular weight is 1280 g/mol. The van der Waals surface area contributed by atoms with Crippen LogP contribution in [0.3, 0.4) is 0 Å². The van der Waals surface area contributed by atoms with Gasteiger partial charge < -0.3 is 34.9 Å². The number of aryl methyl sites for hydroxylation is 4. The Balaban J connectivity index is 0.000000292. The van der Waals surface area contributed by atoms with Crippen molar-refractivity contribution in [3.63, 3.8) is 0 Å². The maximum absolute atomic E-state index is 11.0. The number of pyridine rings is 4. The molecule has 0 amide bonds. The fraction of sp³-hybridized carbons (Fsp3) is 0.382. The summed E-state index contributed by atoms with van der Waals surface area (Å²) >= 11 is 0. The van der Waals surface area contributed by atoms with Crippen LogP contribution in [0.15, 0.2) is 49.1 Å². The van der Waals surface area contributed by atoms with Gasteiger partial charge in [0.25, 0.3) is 0 Å². The Morgan fingerprint density at radius 2 is 1.22 bits per heavy atom. The van der Waals surface area contributed by atoms with Crippen LogP contribution >= 0.6 is 0 Å². The van der Waals surface area contributed by atoms with E-state index in [1.807, 2.05) is 12.3 Å². The molecule has 8 rings (SSSR count). The van der Waals surface area contributed by atoms with E-state index in [0.29, 0.717) is 18.0 Å². The Morgan fingerprint density at radius 1 is 0.689 bits per heavy atom. The fourth-order valence-corrected chi connectivity index (χ4v) is 5.56. The van der Waals surface area contributed by atoms with Crippen molar-refractivity contribution in [2.45, 2.75) is 82.8 Å². The summed E-state index contributed by atoms with van der Waals surface area (Å²) in [7, 11) is 0. The summed E-state index contributed by atoms with van der Waals surface area (Å²) in [6.45, 7) is 4.03. The van der Waals surface area contributed by atoms with E-state index in [0.717, 1.165) is 60.2 Å². The second kappa shape index (κ2) is 19.7. The minimum absolute atomic E-state index is 0. The predicted octanol–water partition coefficient (Wildman–Crippen LogP) is 4.83. The Morgan fingerprint density at radius 3 is 1.82 bits per heavy atom. The summed E-state index contributed by atoms with van der Waals surface area (Å²) in [5, 5.41) is 19.1. The van der Waals surface area contributed by atoms with E-state index in [9.17, 15) is 15.0 Å². The number of hydrogen-bond acceptors (Lipinski definition) is 7. The molecule has 11 heteroatoms. The quantitative estimate of drug-likeness (QED) is 0.243. The molecule has 0 saturated heterocycles. The maximum atomic E-state index is 11.0. The molecule has 0 aliphatic heterocycles. The number of aliphatic hydroxyl groups is 2. The number of fused-ring (bicyclic) bond motifs is 4. The van der Waals surface area contributed by atoms with Crippen molar-refractivity contribution in [1.82, 2.24) is 19.9 Å². The standard InChI is InChI=1S/C9H10NO.C9H10N.C8H8NO.C8H6NO.4W/c1-9(11)5-4-7-3-2-6-10-8(7)9;1-7-4-5-8-3-2-6-10-9(7)8;2*10-7-4-3-6-2-1-5-9-8(6)7;;;;/h2,6,11H,4-5H2,1H3;2,6-7H,4-5H2,1H3;1,5,7,10H,3-4H2;1,5H,3-4H2;;;;/q4*-1;;;;. The number of carbonyl (C=O) groups is 1. The average Bonchev–Trinajstić information content (AvgIpc) is 3.77. The van der Waals surface area contributed by atoms with Gasteiger partial charge in [-0.15, -0.1) is 22.3 Å². The van der Waals surface area contributed by atoms with E-state index in [-0.39, 0.29) is 96.1 Å². The number of ketones is 1. The smallest absolute Gasteiger partial charge is 0.126 e. The molecule has 7 nitrogen and oxygen atoms in total. The minimum atomic E-state index is -0.715. The molecule has 236 valence electrons. The minimum Gasteiger partial charge on any atom is -0.399 e. The van der Waals surface area contributed by atoms with Gasteiger partial charge in [0.05, 0.1) is 11.7 Å². The number of nitrogens with zero attached hydrogens (tertiary/aromatic N) is 4. The van der Waals surface area contributed by atoms with Crippen molar-refractivity contribution in [3.8, 4) is 0 Å². The molecule has 3 unspecified atom stereocenters. The summed E-state index contributed by atoms with van der Waals surface area (Å²) in [6.07, 6.45) is 13.7. The Labute approximate surface area is 323 Å². The molecule has 4 aliphatic rings. The normalized spacial score (nSPS) is 20.5. The van der Waals surface area contributed by atoms with Crippen LogP contribution in [0.5, 0.6) is 0 Å². The Hall–Kier alpha value is -1.06.